The number of methoxy groups -OCH3 is 1. The topological polar surface area (TPSA) is 78.9 Å². The minimum absolute atomic E-state index is 0.0878. The van der Waals surface area contributed by atoms with Gasteiger partial charge in [0.15, 0.2) is 0 Å². The maximum absolute atomic E-state index is 13.1. The van der Waals surface area contributed by atoms with Gasteiger partial charge in [-0.25, -0.2) is 8.42 Å². The Morgan fingerprint density at radius 3 is 2.29 bits per heavy atom. The lowest BCUT2D eigenvalue weighted by Crippen LogP contribution is -2.27. The number of rotatable bonds is 9. The molecule has 1 N–H and O–H groups in total. The Hall–Kier alpha value is -3.36. The second-order valence-electron chi connectivity index (χ2n) is 8.62. The summed E-state index contributed by atoms with van der Waals surface area (Å²) in [5.41, 5.74) is 2.75. The maximum Gasteiger partial charge on any atom is 0.264 e. The molecule has 0 unspecified atom stereocenters. The number of likely N-dealkylation sites (tertiary alicyclic amines) is 1. The van der Waals surface area contributed by atoms with Crippen molar-refractivity contribution in [3.05, 3.63) is 83.9 Å². The Balaban J connectivity index is 1.39. The van der Waals surface area contributed by atoms with Crippen LogP contribution in [0.15, 0.2) is 77.7 Å². The quantitative estimate of drug-likeness (QED) is 0.478. The van der Waals surface area contributed by atoms with Gasteiger partial charge in [-0.3, -0.25) is 9.10 Å². The smallest absolute Gasteiger partial charge is 0.264 e. The van der Waals surface area contributed by atoms with E-state index in [0.29, 0.717) is 22.7 Å². The lowest BCUT2D eigenvalue weighted by molar-refractivity contribution is 0.102. The standard InChI is InChI=1S/C27H31N3O4S/c1-29(25-7-3-4-8-26(25)34-2)35(32,33)24-15-11-22(12-16-24)27(31)28-23-13-9-21(10-14-23)17-20-30-18-5-6-19-30/h3-4,7-16H,5-6,17-20H2,1-2H3,(H,28,31). The zero-order chi connectivity index (χ0) is 24.8. The lowest BCUT2D eigenvalue weighted by Gasteiger charge is -2.21. The van der Waals surface area contributed by atoms with Crippen LogP contribution in [0.3, 0.4) is 0 Å². The first kappa shape index (κ1) is 24.8. The molecule has 1 saturated heterocycles. The predicted molar refractivity (Wildman–Crippen MR) is 139 cm³/mol. The Morgan fingerprint density at radius 1 is 0.971 bits per heavy atom. The van der Waals surface area contributed by atoms with E-state index in [1.165, 1.54) is 74.2 Å². The number of hydrogen-bond acceptors (Lipinski definition) is 5. The molecule has 1 fully saturated rings. The minimum atomic E-state index is -3.82. The summed E-state index contributed by atoms with van der Waals surface area (Å²) in [4.78, 5) is 15.3. The third-order valence-corrected chi connectivity index (χ3v) is 8.11. The molecule has 7 nitrogen and oxygen atoms in total. The normalized spacial score (nSPS) is 14.0. The molecule has 35 heavy (non-hydrogen) atoms. The van der Waals surface area contributed by atoms with E-state index < -0.39 is 10.0 Å². The average molecular weight is 494 g/mol. The summed E-state index contributed by atoms with van der Waals surface area (Å²) in [6.07, 6.45) is 3.57. The maximum atomic E-state index is 13.1. The van der Waals surface area contributed by atoms with Gasteiger partial charge < -0.3 is 15.0 Å². The fourth-order valence-electron chi connectivity index (χ4n) is 4.21. The lowest BCUT2D eigenvalue weighted by atomic mass is 10.1. The van der Waals surface area contributed by atoms with Crippen molar-refractivity contribution in [3.8, 4) is 5.75 Å². The monoisotopic (exact) mass is 493 g/mol. The molecule has 0 saturated carbocycles. The minimum Gasteiger partial charge on any atom is -0.495 e. The van der Waals surface area contributed by atoms with Gasteiger partial charge in [0.2, 0.25) is 0 Å². The zero-order valence-electron chi connectivity index (χ0n) is 20.1. The van der Waals surface area contributed by atoms with Crippen LogP contribution in [0.25, 0.3) is 0 Å². The molecule has 3 aromatic carbocycles. The van der Waals surface area contributed by atoms with E-state index in [2.05, 4.69) is 10.2 Å². The molecular weight excluding hydrogens is 462 g/mol. The number of para-hydroxylation sites is 2. The summed E-state index contributed by atoms with van der Waals surface area (Å²) in [5.74, 6) is 0.161. The molecule has 1 aliphatic heterocycles. The second-order valence-corrected chi connectivity index (χ2v) is 10.6. The second kappa shape index (κ2) is 10.9. The van der Waals surface area contributed by atoms with E-state index in [1.807, 2.05) is 24.3 Å². The van der Waals surface area contributed by atoms with Crippen molar-refractivity contribution < 1.29 is 17.9 Å². The molecule has 3 aromatic rings. The summed E-state index contributed by atoms with van der Waals surface area (Å²) in [6, 6.07) is 20.7. The van der Waals surface area contributed by atoms with Gasteiger partial charge in [0.05, 0.1) is 17.7 Å². The number of carbonyl (C=O) groups excluding carboxylic acids is 1. The van der Waals surface area contributed by atoms with Crippen LogP contribution in [0.4, 0.5) is 11.4 Å². The van der Waals surface area contributed by atoms with Crippen molar-refractivity contribution in [2.75, 3.05) is 43.4 Å². The highest BCUT2D eigenvalue weighted by Crippen LogP contribution is 2.31. The van der Waals surface area contributed by atoms with Crippen molar-refractivity contribution in [1.29, 1.82) is 0 Å². The summed E-state index contributed by atoms with van der Waals surface area (Å²) in [7, 11) is -0.855. The highest BCUT2D eigenvalue weighted by molar-refractivity contribution is 7.92. The molecule has 4 rings (SSSR count). The summed E-state index contributed by atoms with van der Waals surface area (Å²) < 4.78 is 32.7. The van der Waals surface area contributed by atoms with Gasteiger partial charge in [-0.05, 0) is 86.4 Å². The molecule has 1 amide bonds. The number of anilines is 2. The van der Waals surface area contributed by atoms with E-state index in [9.17, 15) is 13.2 Å². The predicted octanol–water partition coefficient (Wildman–Crippen LogP) is 4.41. The molecule has 0 spiro atoms. The largest absolute Gasteiger partial charge is 0.495 e. The first-order valence-corrected chi connectivity index (χ1v) is 13.2. The van der Waals surface area contributed by atoms with E-state index in [0.717, 1.165) is 13.0 Å². The molecule has 184 valence electrons. The fraction of sp³-hybridized carbons (Fsp3) is 0.296. The fourth-order valence-corrected chi connectivity index (χ4v) is 5.41. The van der Waals surface area contributed by atoms with Crippen molar-refractivity contribution in [2.24, 2.45) is 0 Å². The van der Waals surface area contributed by atoms with Crippen LogP contribution < -0.4 is 14.4 Å². The van der Waals surface area contributed by atoms with Crippen LogP contribution >= 0.6 is 0 Å². The summed E-state index contributed by atoms with van der Waals surface area (Å²) in [5, 5.41) is 2.88. The summed E-state index contributed by atoms with van der Waals surface area (Å²) >= 11 is 0. The number of nitrogens with one attached hydrogen (secondary N) is 1. The van der Waals surface area contributed by atoms with E-state index in [4.69, 9.17) is 4.74 Å². The first-order chi connectivity index (χ1) is 16.9. The molecular formula is C27H31N3O4S. The number of sulfonamides is 1. The summed E-state index contributed by atoms with van der Waals surface area (Å²) in [6.45, 7) is 3.43. The van der Waals surface area contributed by atoms with Gasteiger partial charge in [-0.1, -0.05) is 24.3 Å². The highest BCUT2D eigenvalue weighted by Gasteiger charge is 2.24. The van der Waals surface area contributed by atoms with Crippen molar-refractivity contribution in [1.82, 2.24) is 4.90 Å². The number of carbonyl (C=O) groups is 1. The van der Waals surface area contributed by atoms with Crippen LogP contribution in [0.1, 0.15) is 28.8 Å². The molecule has 0 aliphatic carbocycles. The van der Waals surface area contributed by atoms with Gasteiger partial charge in [0.25, 0.3) is 15.9 Å². The molecule has 0 radical (unpaired) electrons. The molecule has 0 bridgehead atoms. The van der Waals surface area contributed by atoms with Crippen LogP contribution in [-0.4, -0.2) is 53.0 Å². The zero-order valence-corrected chi connectivity index (χ0v) is 20.9. The van der Waals surface area contributed by atoms with Crippen LogP contribution in [0.2, 0.25) is 0 Å². The number of ether oxygens (including phenoxy) is 1. The van der Waals surface area contributed by atoms with Gasteiger partial charge >= 0.3 is 0 Å². The highest BCUT2D eigenvalue weighted by atomic mass is 32.2. The average Bonchev–Trinajstić information content (AvgIpc) is 3.41. The van der Waals surface area contributed by atoms with Gasteiger partial charge in [-0.2, -0.15) is 0 Å². The third kappa shape index (κ3) is 5.83. The number of nitrogens with zero attached hydrogens (tertiary/aromatic N) is 2. The molecule has 8 heteroatoms. The Labute approximate surface area is 207 Å². The van der Waals surface area contributed by atoms with Crippen LogP contribution in [0, 0.1) is 0 Å². The van der Waals surface area contributed by atoms with Crippen molar-refractivity contribution in [2.45, 2.75) is 24.2 Å². The third-order valence-electron chi connectivity index (χ3n) is 6.33. The molecule has 0 aromatic heterocycles. The van der Waals surface area contributed by atoms with E-state index >= 15 is 0 Å². The van der Waals surface area contributed by atoms with Gasteiger partial charge in [0, 0.05) is 24.8 Å². The Kier molecular flexibility index (Phi) is 7.73. The van der Waals surface area contributed by atoms with Gasteiger partial charge in [-0.15, -0.1) is 0 Å². The van der Waals surface area contributed by atoms with E-state index in [1.54, 1.807) is 24.3 Å². The SMILES string of the molecule is COc1ccccc1N(C)S(=O)(=O)c1ccc(C(=O)Nc2ccc(CCN3CCCC3)cc2)cc1. The molecule has 1 aliphatic rings. The Bertz CT molecular complexity index is 1250. The number of benzene rings is 3. The molecule has 1 heterocycles. The van der Waals surface area contributed by atoms with E-state index in [-0.39, 0.29) is 10.8 Å². The van der Waals surface area contributed by atoms with Crippen molar-refractivity contribution in [3.63, 3.8) is 0 Å². The van der Waals surface area contributed by atoms with Crippen LogP contribution in [0.5, 0.6) is 5.75 Å². The van der Waals surface area contributed by atoms with Gasteiger partial charge in [0.1, 0.15) is 5.75 Å². The Morgan fingerprint density at radius 2 is 1.63 bits per heavy atom. The number of amides is 1. The molecule has 0 atom stereocenters. The number of hydrogen-bond donors (Lipinski definition) is 1. The van der Waals surface area contributed by atoms with Crippen molar-refractivity contribution >= 4 is 27.3 Å². The first-order valence-electron chi connectivity index (χ1n) is 11.7. The van der Waals surface area contributed by atoms with Crippen LogP contribution in [-0.2, 0) is 16.4 Å².